The van der Waals surface area contributed by atoms with E-state index in [2.05, 4.69) is 15.6 Å². The quantitative estimate of drug-likeness (QED) is 0.223. The van der Waals surface area contributed by atoms with Crippen molar-refractivity contribution in [2.75, 3.05) is 13.6 Å². The van der Waals surface area contributed by atoms with Gasteiger partial charge in [-0.3, -0.25) is 9.79 Å². The van der Waals surface area contributed by atoms with Gasteiger partial charge in [-0.25, -0.2) is 0 Å². The molecule has 0 fully saturated rings. The van der Waals surface area contributed by atoms with Gasteiger partial charge in [0.2, 0.25) is 5.91 Å². The first kappa shape index (κ1) is 23.5. The van der Waals surface area contributed by atoms with Crippen LogP contribution in [0.5, 0.6) is 0 Å². The van der Waals surface area contributed by atoms with Crippen LogP contribution in [0.15, 0.2) is 47.5 Å². The normalized spacial score (nSPS) is 10.9. The summed E-state index contributed by atoms with van der Waals surface area (Å²) in [6.07, 6.45) is 1.77. The number of aryl methyl sites for hydroxylation is 1. The van der Waals surface area contributed by atoms with Crippen molar-refractivity contribution in [1.82, 2.24) is 10.6 Å². The molecule has 146 valence electrons. The Morgan fingerprint density at radius 2 is 1.81 bits per heavy atom. The second-order valence-corrected chi connectivity index (χ2v) is 6.60. The molecule has 0 aliphatic heterocycles. The van der Waals surface area contributed by atoms with E-state index in [0.717, 1.165) is 30.5 Å². The molecule has 0 heterocycles. The van der Waals surface area contributed by atoms with Crippen molar-refractivity contribution in [1.29, 1.82) is 0 Å². The Kier molecular flexibility index (Phi) is 10.5. The van der Waals surface area contributed by atoms with Gasteiger partial charge in [-0.05, 0) is 48.2 Å². The van der Waals surface area contributed by atoms with E-state index in [0.29, 0.717) is 28.1 Å². The van der Waals surface area contributed by atoms with E-state index < -0.39 is 5.91 Å². The predicted octanol–water partition coefficient (Wildman–Crippen LogP) is 4.01. The Labute approximate surface area is 186 Å². The number of guanidine groups is 1. The highest BCUT2D eigenvalue weighted by Crippen LogP contribution is 2.21. The molecule has 0 spiro atoms. The summed E-state index contributed by atoms with van der Waals surface area (Å²) < 4.78 is 0. The smallest absolute Gasteiger partial charge is 0.248 e. The Hall–Kier alpha value is -1.51. The maximum atomic E-state index is 11.1. The first-order chi connectivity index (χ1) is 12.5. The van der Waals surface area contributed by atoms with Crippen LogP contribution < -0.4 is 16.4 Å². The average molecular weight is 521 g/mol. The number of carbonyl (C=O) groups is 1. The van der Waals surface area contributed by atoms with Crippen molar-refractivity contribution in [3.05, 3.63) is 69.2 Å². The van der Waals surface area contributed by atoms with Crippen LogP contribution >= 0.6 is 47.2 Å². The molecule has 0 aromatic heterocycles. The highest BCUT2D eigenvalue weighted by atomic mass is 127. The number of nitrogens with one attached hydrogen (secondary N) is 2. The molecule has 2 rings (SSSR count). The fourth-order valence-corrected chi connectivity index (χ4v) is 2.91. The van der Waals surface area contributed by atoms with Gasteiger partial charge in [-0.15, -0.1) is 24.0 Å². The molecule has 0 saturated carbocycles. The van der Waals surface area contributed by atoms with Crippen LogP contribution in [0.1, 0.15) is 27.9 Å². The SMILES string of the molecule is CN=C(NCCCc1ccc(Cl)cc1Cl)NCc1ccc(C(N)=O)cc1.I. The maximum absolute atomic E-state index is 11.1. The number of benzene rings is 2. The maximum Gasteiger partial charge on any atom is 0.248 e. The third-order valence-corrected chi connectivity index (χ3v) is 4.44. The summed E-state index contributed by atoms with van der Waals surface area (Å²) >= 11 is 12.1. The third-order valence-electron chi connectivity index (χ3n) is 3.85. The Balaban J connectivity index is 0.00000364. The lowest BCUT2D eigenvalue weighted by molar-refractivity contribution is 0.100. The lowest BCUT2D eigenvalue weighted by atomic mass is 10.1. The summed E-state index contributed by atoms with van der Waals surface area (Å²) in [6, 6.07) is 12.7. The van der Waals surface area contributed by atoms with E-state index in [1.807, 2.05) is 24.3 Å². The molecule has 1 amide bonds. The molecule has 5 nitrogen and oxygen atoms in total. The van der Waals surface area contributed by atoms with Gasteiger partial charge in [-0.2, -0.15) is 0 Å². The number of rotatable bonds is 7. The van der Waals surface area contributed by atoms with Gasteiger partial charge < -0.3 is 16.4 Å². The first-order valence-electron chi connectivity index (χ1n) is 8.27. The highest BCUT2D eigenvalue weighted by molar-refractivity contribution is 14.0. The molecule has 27 heavy (non-hydrogen) atoms. The van der Waals surface area contributed by atoms with Crippen LogP contribution in [0.25, 0.3) is 0 Å². The molecular formula is C19H23Cl2IN4O. The number of hydrogen-bond acceptors (Lipinski definition) is 2. The van der Waals surface area contributed by atoms with Gasteiger partial charge in [0.25, 0.3) is 0 Å². The van der Waals surface area contributed by atoms with Crippen molar-refractivity contribution in [2.45, 2.75) is 19.4 Å². The summed E-state index contributed by atoms with van der Waals surface area (Å²) in [5, 5.41) is 7.83. The van der Waals surface area contributed by atoms with Crippen molar-refractivity contribution in [3.8, 4) is 0 Å². The topological polar surface area (TPSA) is 79.5 Å². The minimum atomic E-state index is -0.428. The molecule has 0 aliphatic rings. The molecule has 0 saturated heterocycles. The zero-order valence-electron chi connectivity index (χ0n) is 15.0. The van der Waals surface area contributed by atoms with Crippen LogP contribution in [0, 0.1) is 0 Å². The number of hydrogen-bond donors (Lipinski definition) is 3. The monoisotopic (exact) mass is 520 g/mol. The van der Waals surface area contributed by atoms with E-state index in [-0.39, 0.29) is 24.0 Å². The fourth-order valence-electron chi connectivity index (χ4n) is 2.40. The summed E-state index contributed by atoms with van der Waals surface area (Å²) in [6.45, 7) is 1.36. The van der Waals surface area contributed by atoms with Gasteiger partial charge in [0, 0.05) is 35.7 Å². The van der Waals surface area contributed by atoms with Crippen molar-refractivity contribution >= 4 is 59.0 Å². The standard InChI is InChI=1S/C19H22Cl2N4O.HI/c1-23-19(25-12-13-4-6-15(7-5-13)18(22)26)24-10-2-3-14-8-9-16(20)11-17(14)21;/h4-9,11H,2-3,10,12H2,1H3,(H2,22,26)(H2,23,24,25);1H. The highest BCUT2D eigenvalue weighted by Gasteiger charge is 2.03. The van der Waals surface area contributed by atoms with Crippen molar-refractivity contribution < 1.29 is 4.79 Å². The molecule has 0 atom stereocenters. The van der Waals surface area contributed by atoms with Gasteiger partial charge in [0.15, 0.2) is 5.96 Å². The number of primary amides is 1. The van der Waals surface area contributed by atoms with E-state index in [4.69, 9.17) is 28.9 Å². The van der Waals surface area contributed by atoms with Gasteiger partial charge >= 0.3 is 0 Å². The van der Waals surface area contributed by atoms with E-state index in [9.17, 15) is 4.79 Å². The zero-order valence-corrected chi connectivity index (χ0v) is 18.8. The van der Waals surface area contributed by atoms with Gasteiger partial charge in [0.1, 0.15) is 0 Å². The lowest BCUT2D eigenvalue weighted by Gasteiger charge is -2.12. The second-order valence-electron chi connectivity index (χ2n) is 5.75. The molecule has 2 aromatic rings. The zero-order chi connectivity index (χ0) is 18.9. The summed E-state index contributed by atoms with van der Waals surface area (Å²) in [7, 11) is 1.72. The molecule has 0 radical (unpaired) electrons. The Morgan fingerprint density at radius 1 is 1.11 bits per heavy atom. The number of nitrogens with two attached hydrogens (primary N) is 1. The molecular weight excluding hydrogens is 498 g/mol. The van der Waals surface area contributed by atoms with Crippen LogP contribution in [0.4, 0.5) is 0 Å². The van der Waals surface area contributed by atoms with Crippen molar-refractivity contribution in [3.63, 3.8) is 0 Å². The van der Waals surface area contributed by atoms with Crippen LogP contribution in [-0.2, 0) is 13.0 Å². The lowest BCUT2D eigenvalue weighted by Crippen LogP contribution is -2.37. The molecule has 2 aromatic carbocycles. The van der Waals surface area contributed by atoms with E-state index in [1.165, 1.54) is 0 Å². The summed E-state index contributed by atoms with van der Waals surface area (Å²) in [5.74, 6) is 0.286. The Morgan fingerprint density at radius 3 is 2.41 bits per heavy atom. The average Bonchev–Trinajstić information content (AvgIpc) is 2.63. The second kappa shape index (κ2) is 12.0. The first-order valence-corrected chi connectivity index (χ1v) is 9.02. The van der Waals surface area contributed by atoms with Crippen LogP contribution in [-0.4, -0.2) is 25.5 Å². The number of nitrogens with zero attached hydrogens (tertiary/aromatic N) is 1. The van der Waals surface area contributed by atoms with Crippen LogP contribution in [0.3, 0.4) is 0 Å². The number of aliphatic imine (C=N–C) groups is 1. The van der Waals surface area contributed by atoms with Gasteiger partial charge in [0.05, 0.1) is 0 Å². The Bertz CT molecular complexity index is 782. The van der Waals surface area contributed by atoms with Crippen molar-refractivity contribution in [2.24, 2.45) is 10.7 Å². The predicted molar refractivity (Wildman–Crippen MR) is 123 cm³/mol. The minimum absolute atomic E-state index is 0. The number of halogens is 3. The molecule has 4 N–H and O–H groups in total. The molecule has 0 aliphatic carbocycles. The number of amides is 1. The molecule has 8 heteroatoms. The van der Waals surface area contributed by atoms with E-state index >= 15 is 0 Å². The van der Waals surface area contributed by atoms with Gasteiger partial charge in [-0.1, -0.05) is 41.4 Å². The number of carbonyl (C=O) groups excluding carboxylic acids is 1. The van der Waals surface area contributed by atoms with E-state index in [1.54, 1.807) is 25.2 Å². The minimum Gasteiger partial charge on any atom is -0.366 e. The third kappa shape index (κ3) is 7.94. The fraction of sp³-hybridized carbons (Fsp3) is 0.263. The largest absolute Gasteiger partial charge is 0.366 e. The van der Waals surface area contributed by atoms with Crippen LogP contribution in [0.2, 0.25) is 10.0 Å². The summed E-state index contributed by atoms with van der Waals surface area (Å²) in [5.41, 5.74) is 7.85. The molecule has 0 unspecified atom stereocenters. The molecule has 0 bridgehead atoms. The summed E-state index contributed by atoms with van der Waals surface area (Å²) in [4.78, 5) is 15.3.